The second-order valence-corrected chi connectivity index (χ2v) is 5.00. The summed E-state index contributed by atoms with van der Waals surface area (Å²) in [6, 6.07) is 7.45. The molecule has 0 saturated carbocycles. The Bertz CT molecular complexity index is 590. The summed E-state index contributed by atoms with van der Waals surface area (Å²) in [4.78, 5) is 12.1. The largest absolute Gasteiger partial charge is 0.294 e. The smallest absolute Gasteiger partial charge is 0.166 e. The minimum absolute atomic E-state index is 0.160. The van der Waals surface area contributed by atoms with E-state index in [1.54, 1.807) is 10.9 Å². The van der Waals surface area contributed by atoms with Gasteiger partial charge in [-0.25, -0.2) is 4.68 Å². The topological polar surface area (TPSA) is 34.9 Å². The second kappa shape index (κ2) is 6.02. The van der Waals surface area contributed by atoms with Gasteiger partial charge >= 0.3 is 0 Å². The number of hydrogen-bond acceptors (Lipinski definition) is 2. The van der Waals surface area contributed by atoms with Gasteiger partial charge in [0.05, 0.1) is 23.1 Å². The fourth-order valence-corrected chi connectivity index (χ4v) is 2.21. The van der Waals surface area contributed by atoms with Crippen LogP contribution in [0, 0.1) is 6.92 Å². The molecule has 0 saturated heterocycles. The van der Waals surface area contributed by atoms with Crippen molar-refractivity contribution in [2.45, 2.75) is 33.1 Å². The van der Waals surface area contributed by atoms with Crippen molar-refractivity contribution in [1.82, 2.24) is 9.78 Å². The fourth-order valence-electron chi connectivity index (χ4n) is 2.02. The van der Waals surface area contributed by atoms with E-state index >= 15 is 0 Å². The summed E-state index contributed by atoms with van der Waals surface area (Å²) >= 11 is 5.98. The number of benzene rings is 1. The zero-order chi connectivity index (χ0) is 13.8. The lowest BCUT2D eigenvalue weighted by Crippen LogP contribution is -2.03. The molecule has 0 spiro atoms. The minimum atomic E-state index is 0.160. The van der Waals surface area contributed by atoms with E-state index in [0.717, 1.165) is 24.2 Å². The zero-order valence-electron chi connectivity index (χ0n) is 11.2. The molecule has 0 atom stereocenters. The van der Waals surface area contributed by atoms with E-state index in [0.29, 0.717) is 17.0 Å². The number of carbonyl (C=O) groups excluding carboxylic acids is 1. The summed E-state index contributed by atoms with van der Waals surface area (Å²) in [5.41, 5.74) is 2.44. The molecule has 1 heterocycles. The summed E-state index contributed by atoms with van der Waals surface area (Å²) < 4.78 is 1.76. The highest BCUT2D eigenvalue weighted by Gasteiger charge is 2.14. The normalized spacial score (nSPS) is 10.7. The predicted molar refractivity (Wildman–Crippen MR) is 77.2 cm³/mol. The Labute approximate surface area is 118 Å². The number of halogens is 1. The first-order valence-corrected chi connectivity index (χ1v) is 6.85. The third-order valence-electron chi connectivity index (χ3n) is 3.12. The molecule has 0 amide bonds. The van der Waals surface area contributed by atoms with Crippen LogP contribution >= 0.6 is 11.6 Å². The van der Waals surface area contributed by atoms with Crippen LogP contribution in [0.4, 0.5) is 0 Å². The van der Waals surface area contributed by atoms with E-state index in [-0.39, 0.29) is 5.78 Å². The van der Waals surface area contributed by atoms with Gasteiger partial charge in [-0.15, -0.1) is 0 Å². The van der Waals surface area contributed by atoms with Crippen LogP contribution in [0.5, 0.6) is 0 Å². The molecule has 0 N–H and O–H groups in total. The van der Waals surface area contributed by atoms with Crippen molar-refractivity contribution in [3.05, 3.63) is 46.7 Å². The number of carbonyl (C=O) groups is 1. The van der Waals surface area contributed by atoms with E-state index < -0.39 is 0 Å². The highest BCUT2D eigenvalue weighted by molar-refractivity contribution is 6.30. The quantitative estimate of drug-likeness (QED) is 0.767. The Balaban J connectivity index is 2.30. The first-order valence-electron chi connectivity index (χ1n) is 6.47. The van der Waals surface area contributed by atoms with Gasteiger partial charge in [-0.05, 0) is 31.5 Å². The van der Waals surface area contributed by atoms with Crippen molar-refractivity contribution in [2.24, 2.45) is 0 Å². The van der Waals surface area contributed by atoms with Crippen LogP contribution in [0.2, 0.25) is 5.02 Å². The predicted octanol–water partition coefficient (Wildman–Crippen LogP) is 4.21. The molecule has 19 heavy (non-hydrogen) atoms. The first-order chi connectivity index (χ1) is 9.13. The molecule has 100 valence electrons. The molecule has 2 rings (SSSR count). The number of unbranched alkanes of at least 4 members (excludes halogenated alkanes) is 1. The van der Waals surface area contributed by atoms with E-state index in [1.807, 2.05) is 31.2 Å². The molecular weight excluding hydrogens is 260 g/mol. The van der Waals surface area contributed by atoms with Crippen molar-refractivity contribution in [3.63, 3.8) is 0 Å². The van der Waals surface area contributed by atoms with Gasteiger partial charge in [0.2, 0.25) is 0 Å². The molecule has 1 aromatic carbocycles. The summed E-state index contributed by atoms with van der Waals surface area (Å²) in [7, 11) is 0. The molecule has 0 aliphatic carbocycles. The van der Waals surface area contributed by atoms with Crippen LogP contribution in [0.3, 0.4) is 0 Å². The molecule has 0 aliphatic heterocycles. The Morgan fingerprint density at radius 3 is 2.89 bits per heavy atom. The van der Waals surface area contributed by atoms with Crippen LogP contribution in [0.15, 0.2) is 30.5 Å². The van der Waals surface area contributed by atoms with Gasteiger partial charge in [0.25, 0.3) is 0 Å². The SMILES string of the molecule is CCCCC(=O)c1cnn(-c2cccc(Cl)c2)c1C. The summed E-state index contributed by atoms with van der Waals surface area (Å²) in [5.74, 6) is 0.160. The van der Waals surface area contributed by atoms with Crippen LogP contribution in [-0.4, -0.2) is 15.6 Å². The first kappa shape index (κ1) is 13.8. The number of Topliss-reactive ketones (excluding diaryl/α,β-unsaturated/α-hetero) is 1. The van der Waals surface area contributed by atoms with Crippen LogP contribution in [-0.2, 0) is 0 Å². The van der Waals surface area contributed by atoms with E-state index in [2.05, 4.69) is 12.0 Å². The Kier molecular flexibility index (Phi) is 4.38. The standard InChI is InChI=1S/C15H17ClN2O/c1-3-4-8-15(19)14-10-17-18(11(14)2)13-7-5-6-12(16)9-13/h5-7,9-10H,3-4,8H2,1-2H3. The molecule has 0 aliphatic rings. The van der Waals surface area contributed by atoms with Gasteiger partial charge in [-0.1, -0.05) is 31.0 Å². The average Bonchev–Trinajstić information content (AvgIpc) is 2.78. The van der Waals surface area contributed by atoms with Crippen molar-refractivity contribution in [2.75, 3.05) is 0 Å². The monoisotopic (exact) mass is 276 g/mol. The Hall–Kier alpha value is -1.61. The molecule has 1 aromatic heterocycles. The number of ketones is 1. The van der Waals surface area contributed by atoms with Gasteiger partial charge in [0, 0.05) is 11.4 Å². The molecule has 2 aromatic rings. The molecule has 0 unspecified atom stereocenters. The van der Waals surface area contributed by atoms with Gasteiger partial charge in [-0.2, -0.15) is 5.10 Å². The molecule has 0 bridgehead atoms. The van der Waals surface area contributed by atoms with Crippen LogP contribution in [0.1, 0.15) is 42.2 Å². The number of rotatable bonds is 5. The van der Waals surface area contributed by atoms with Crippen LogP contribution in [0.25, 0.3) is 5.69 Å². The Morgan fingerprint density at radius 2 is 2.21 bits per heavy atom. The van der Waals surface area contributed by atoms with E-state index in [4.69, 9.17) is 11.6 Å². The Morgan fingerprint density at radius 1 is 1.42 bits per heavy atom. The van der Waals surface area contributed by atoms with Gasteiger partial charge in [-0.3, -0.25) is 4.79 Å². The zero-order valence-corrected chi connectivity index (χ0v) is 11.9. The van der Waals surface area contributed by atoms with Crippen LogP contribution < -0.4 is 0 Å². The van der Waals surface area contributed by atoms with Crippen molar-refractivity contribution < 1.29 is 4.79 Å². The molecular formula is C15H17ClN2O. The number of nitrogens with zero attached hydrogens (tertiary/aromatic N) is 2. The minimum Gasteiger partial charge on any atom is -0.294 e. The summed E-state index contributed by atoms with van der Waals surface area (Å²) in [6.07, 6.45) is 4.17. The maximum Gasteiger partial charge on any atom is 0.166 e. The molecule has 3 nitrogen and oxygen atoms in total. The van der Waals surface area contributed by atoms with Gasteiger partial charge in [0.15, 0.2) is 5.78 Å². The third kappa shape index (κ3) is 3.04. The third-order valence-corrected chi connectivity index (χ3v) is 3.36. The highest BCUT2D eigenvalue weighted by atomic mass is 35.5. The fraction of sp³-hybridized carbons (Fsp3) is 0.333. The van der Waals surface area contributed by atoms with Gasteiger partial charge < -0.3 is 0 Å². The number of aromatic nitrogens is 2. The van der Waals surface area contributed by atoms with E-state index in [1.165, 1.54) is 0 Å². The second-order valence-electron chi connectivity index (χ2n) is 4.56. The van der Waals surface area contributed by atoms with Crippen molar-refractivity contribution in [1.29, 1.82) is 0 Å². The summed E-state index contributed by atoms with van der Waals surface area (Å²) in [6.45, 7) is 3.99. The van der Waals surface area contributed by atoms with Crippen molar-refractivity contribution >= 4 is 17.4 Å². The van der Waals surface area contributed by atoms with Gasteiger partial charge in [0.1, 0.15) is 0 Å². The molecule has 0 radical (unpaired) electrons. The highest BCUT2D eigenvalue weighted by Crippen LogP contribution is 2.19. The van der Waals surface area contributed by atoms with Crippen molar-refractivity contribution in [3.8, 4) is 5.69 Å². The molecule has 4 heteroatoms. The lowest BCUT2D eigenvalue weighted by molar-refractivity contribution is 0.0979. The lowest BCUT2D eigenvalue weighted by atomic mass is 10.1. The lowest BCUT2D eigenvalue weighted by Gasteiger charge is -2.05. The summed E-state index contributed by atoms with van der Waals surface area (Å²) in [5, 5.41) is 4.95. The molecule has 0 fully saturated rings. The van der Waals surface area contributed by atoms with E-state index in [9.17, 15) is 4.79 Å². The maximum atomic E-state index is 12.1. The average molecular weight is 277 g/mol. The maximum absolute atomic E-state index is 12.1. The number of hydrogen-bond donors (Lipinski definition) is 0.